The molecule has 0 aliphatic carbocycles. The number of Topliss-reactive ketones (excluding diaryl/α,β-unsaturated/α-hetero) is 1. The molecule has 0 bridgehead atoms. The standard InChI is InChI=1S/C18H18N2O2/c1-4-16(21)17-10(2)15(19-11(17)3)9-13-12-7-5-6-8-14(12)20-18(13)22/h5-9,19H,4H2,1-3H3,(H,20,22)/b13-9-. The lowest BCUT2D eigenvalue weighted by atomic mass is 10.0. The minimum atomic E-state index is -0.115. The quantitative estimate of drug-likeness (QED) is 0.669. The third kappa shape index (κ3) is 2.17. The Hall–Kier alpha value is -2.62. The minimum absolute atomic E-state index is 0.115. The number of para-hydroxylation sites is 1. The largest absolute Gasteiger partial charge is 0.358 e. The molecule has 1 amide bonds. The molecular weight excluding hydrogens is 276 g/mol. The molecule has 0 spiro atoms. The highest BCUT2D eigenvalue weighted by molar-refractivity contribution is 6.34. The molecule has 3 rings (SSSR count). The maximum atomic E-state index is 12.2. The number of carbonyl (C=O) groups excluding carboxylic acids is 2. The molecule has 0 unspecified atom stereocenters. The number of aryl methyl sites for hydroxylation is 1. The summed E-state index contributed by atoms with van der Waals surface area (Å²) >= 11 is 0. The lowest BCUT2D eigenvalue weighted by Crippen LogP contribution is -2.03. The molecule has 0 radical (unpaired) electrons. The van der Waals surface area contributed by atoms with Gasteiger partial charge in [-0.2, -0.15) is 0 Å². The molecule has 0 saturated carbocycles. The molecule has 4 heteroatoms. The van der Waals surface area contributed by atoms with Crippen LogP contribution in [-0.4, -0.2) is 16.7 Å². The third-order valence-corrected chi connectivity index (χ3v) is 4.07. The van der Waals surface area contributed by atoms with Crippen molar-refractivity contribution in [1.82, 2.24) is 4.98 Å². The Labute approximate surface area is 129 Å². The van der Waals surface area contributed by atoms with Crippen LogP contribution in [0, 0.1) is 13.8 Å². The number of anilines is 1. The van der Waals surface area contributed by atoms with Crippen LogP contribution in [-0.2, 0) is 4.79 Å². The summed E-state index contributed by atoms with van der Waals surface area (Å²) < 4.78 is 0. The van der Waals surface area contributed by atoms with Crippen LogP contribution >= 0.6 is 0 Å². The smallest absolute Gasteiger partial charge is 0.256 e. The van der Waals surface area contributed by atoms with E-state index in [1.807, 2.05) is 51.1 Å². The van der Waals surface area contributed by atoms with Crippen LogP contribution in [0.4, 0.5) is 5.69 Å². The van der Waals surface area contributed by atoms with Crippen LogP contribution < -0.4 is 5.32 Å². The van der Waals surface area contributed by atoms with Gasteiger partial charge in [0, 0.05) is 34.6 Å². The number of hydrogen-bond acceptors (Lipinski definition) is 2. The molecule has 4 nitrogen and oxygen atoms in total. The van der Waals surface area contributed by atoms with E-state index in [2.05, 4.69) is 10.3 Å². The van der Waals surface area contributed by atoms with Gasteiger partial charge < -0.3 is 10.3 Å². The van der Waals surface area contributed by atoms with Gasteiger partial charge >= 0.3 is 0 Å². The van der Waals surface area contributed by atoms with Crippen molar-refractivity contribution in [2.24, 2.45) is 0 Å². The number of carbonyl (C=O) groups is 2. The number of ketones is 1. The Kier molecular flexibility index (Phi) is 3.45. The van der Waals surface area contributed by atoms with Gasteiger partial charge in [0.25, 0.3) is 5.91 Å². The maximum absolute atomic E-state index is 12.2. The topological polar surface area (TPSA) is 62.0 Å². The fraction of sp³-hybridized carbons (Fsp3) is 0.222. The van der Waals surface area contributed by atoms with E-state index >= 15 is 0 Å². The van der Waals surface area contributed by atoms with Crippen molar-refractivity contribution < 1.29 is 9.59 Å². The zero-order valence-corrected chi connectivity index (χ0v) is 12.9. The second kappa shape index (κ2) is 5.30. The molecule has 1 aromatic carbocycles. The predicted octanol–water partition coefficient (Wildman–Crippen LogP) is 3.72. The fourth-order valence-corrected chi connectivity index (χ4v) is 2.94. The average molecular weight is 294 g/mol. The first kappa shape index (κ1) is 14.3. The Morgan fingerprint density at radius 2 is 1.95 bits per heavy atom. The van der Waals surface area contributed by atoms with Gasteiger partial charge in [0.1, 0.15) is 0 Å². The van der Waals surface area contributed by atoms with Crippen LogP contribution in [0.25, 0.3) is 11.6 Å². The highest BCUT2D eigenvalue weighted by Gasteiger charge is 2.24. The highest BCUT2D eigenvalue weighted by Crippen LogP contribution is 2.33. The normalized spacial score (nSPS) is 15.0. The monoisotopic (exact) mass is 294 g/mol. The number of aromatic nitrogens is 1. The van der Waals surface area contributed by atoms with Crippen molar-refractivity contribution >= 4 is 29.0 Å². The molecule has 0 saturated heterocycles. The van der Waals surface area contributed by atoms with Crippen LogP contribution in [0.1, 0.15) is 46.2 Å². The van der Waals surface area contributed by atoms with Crippen molar-refractivity contribution in [3.05, 3.63) is 52.3 Å². The van der Waals surface area contributed by atoms with Crippen LogP contribution in [0.3, 0.4) is 0 Å². The first-order chi connectivity index (χ1) is 10.5. The molecule has 22 heavy (non-hydrogen) atoms. The molecule has 2 aromatic rings. The first-order valence-electron chi connectivity index (χ1n) is 7.37. The van der Waals surface area contributed by atoms with Crippen molar-refractivity contribution in [3.63, 3.8) is 0 Å². The van der Waals surface area contributed by atoms with Gasteiger partial charge in [-0.3, -0.25) is 9.59 Å². The summed E-state index contributed by atoms with van der Waals surface area (Å²) in [6, 6.07) is 7.60. The summed E-state index contributed by atoms with van der Waals surface area (Å²) in [6.45, 7) is 5.66. The maximum Gasteiger partial charge on any atom is 0.256 e. The van der Waals surface area contributed by atoms with E-state index in [4.69, 9.17) is 0 Å². The number of rotatable bonds is 3. The number of fused-ring (bicyclic) bond motifs is 1. The summed E-state index contributed by atoms with van der Waals surface area (Å²) in [5.74, 6) is 0.00314. The van der Waals surface area contributed by atoms with Crippen molar-refractivity contribution in [1.29, 1.82) is 0 Å². The highest BCUT2D eigenvalue weighted by atomic mass is 16.2. The molecular formula is C18H18N2O2. The second-order valence-electron chi connectivity index (χ2n) is 5.50. The predicted molar refractivity (Wildman–Crippen MR) is 87.8 cm³/mol. The number of H-pyrrole nitrogens is 1. The molecule has 1 aliphatic rings. The summed E-state index contributed by atoms with van der Waals surface area (Å²) in [7, 11) is 0. The van der Waals surface area contributed by atoms with Gasteiger partial charge in [-0.1, -0.05) is 25.1 Å². The first-order valence-corrected chi connectivity index (χ1v) is 7.37. The fourth-order valence-electron chi connectivity index (χ4n) is 2.94. The lowest BCUT2D eigenvalue weighted by Gasteiger charge is -1.99. The van der Waals surface area contributed by atoms with E-state index in [1.165, 1.54) is 0 Å². The summed E-state index contributed by atoms with van der Waals surface area (Å²) in [4.78, 5) is 27.4. The van der Waals surface area contributed by atoms with Crippen LogP contribution in [0.15, 0.2) is 24.3 Å². The van der Waals surface area contributed by atoms with Gasteiger partial charge in [0.2, 0.25) is 0 Å². The van der Waals surface area contributed by atoms with E-state index < -0.39 is 0 Å². The van der Waals surface area contributed by atoms with E-state index in [0.717, 1.165) is 33.8 Å². The Bertz CT molecular complexity index is 812. The second-order valence-corrected chi connectivity index (χ2v) is 5.50. The SMILES string of the molecule is CCC(=O)c1c(C)[nH]c(/C=C2\C(=O)Nc3ccccc32)c1C. The molecule has 0 atom stereocenters. The third-order valence-electron chi connectivity index (χ3n) is 4.07. The number of nitrogens with one attached hydrogen (secondary N) is 2. The summed E-state index contributed by atoms with van der Waals surface area (Å²) in [5, 5.41) is 2.85. The van der Waals surface area contributed by atoms with Crippen molar-refractivity contribution in [2.75, 3.05) is 5.32 Å². The van der Waals surface area contributed by atoms with E-state index in [9.17, 15) is 9.59 Å². The molecule has 1 aromatic heterocycles. The molecule has 2 N–H and O–H groups in total. The van der Waals surface area contributed by atoms with Gasteiger partial charge in [-0.05, 0) is 31.6 Å². The average Bonchev–Trinajstić information content (AvgIpc) is 2.96. The van der Waals surface area contributed by atoms with E-state index in [1.54, 1.807) is 0 Å². The minimum Gasteiger partial charge on any atom is -0.358 e. The number of benzene rings is 1. The van der Waals surface area contributed by atoms with Crippen LogP contribution in [0.5, 0.6) is 0 Å². The Morgan fingerprint density at radius 3 is 2.68 bits per heavy atom. The molecule has 0 fully saturated rings. The van der Waals surface area contributed by atoms with Crippen molar-refractivity contribution in [2.45, 2.75) is 27.2 Å². The number of aromatic amines is 1. The molecule has 2 heterocycles. The van der Waals surface area contributed by atoms with Crippen molar-refractivity contribution in [3.8, 4) is 0 Å². The molecule has 112 valence electrons. The van der Waals surface area contributed by atoms with Gasteiger partial charge in [-0.25, -0.2) is 0 Å². The van der Waals surface area contributed by atoms with Gasteiger partial charge in [0.15, 0.2) is 5.78 Å². The zero-order valence-electron chi connectivity index (χ0n) is 12.9. The Morgan fingerprint density at radius 1 is 1.23 bits per heavy atom. The number of amides is 1. The lowest BCUT2D eigenvalue weighted by molar-refractivity contribution is -0.110. The summed E-state index contributed by atoms with van der Waals surface area (Å²) in [5.41, 5.74) is 5.64. The van der Waals surface area contributed by atoms with Gasteiger partial charge in [-0.15, -0.1) is 0 Å². The van der Waals surface area contributed by atoms with Crippen LogP contribution in [0.2, 0.25) is 0 Å². The molecule has 1 aliphatic heterocycles. The van der Waals surface area contributed by atoms with E-state index in [0.29, 0.717) is 12.0 Å². The zero-order chi connectivity index (χ0) is 15.9. The Balaban J connectivity index is 2.11. The number of hydrogen-bond donors (Lipinski definition) is 2. The summed E-state index contributed by atoms with van der Waals surface area (Å²) in [6.07, 6.45) is 2.30. The van der Waals surface area contributed by atoms with Gasteiger partial charge in [0.05, 0.1) is 5.57 Å². The van der Waals surface area contributed by atoms with E-state index in [-0.39, 0.29) is 11.7 Å².